The second-order valence-corrected chi connectivity index (χ2v) is 5.94. The molecule has 0 spiro atoms. The summed E-state index contributed by atoms with van der Waals surface area (Å²) in [4.78, 5) is 14.2. The summed E-state index contributed by atoms with van der Waals surface area (Å²) < 4.78 is 4.83. The summed E-state index contributed by atoms with van der Waals surface area (Å²) in [5, 5.41) is 3.06. The minimum atomic E-state index is -0.158. The van der Waals surface area contributed by atoms with Crippen LogP contribution >= 0.6 is 0 Å². The third kappa shape index (κ3) is 3.69. The van der Waals surface area contributed by atoms with Gasteiger partial charge in [-0.1, -0.05) is 12.8 Å². The number of rotatable bonds is 5. The molecule has 1 unspecified atom stereocenters. The Balaban J connectivity index is 1.85. The number of fused-ring (bicyclic) bond motifs is 1. The number of carbonyl (C=O) groups excluding carboxylic acids is 1. The molecule has 0 aromatic carbocycles. The van der Waals surface area contributed by atoms with Gasteiger partial charge >= 0.3 is 5.97 Å². The molecular formula is C15H28N2O2. The zero-order valence-corrected chi connectivity index (χ0v) is 12.4. The zero-order valence-electron chi connectivity index (χ0n) is 12.4. The molecule has 1 saturated carbocycles. The van der Waals surface area contributed by atoms with Crippen molar-refractivity contribution >= 4 is 5.97 Å². The highest BCUT2D eigenvalue weighted by atomic mass is 16.5. The maximum Gasteiger partial charge on any atom is 0.322 e. The third-order valence-corrected chi connectivity index (χ3v) is 4.90. The van der Waals surface area contributed by atoms with Crippen molar-refractivity contribution in [1.29, 1.82) is 0 Å². The van der Waals surface area contributed by atoms with Gasteiger partial charge in [-0.2, -0.15) is 0 Å². The van der Waals surface area contributed by atoms with Crippen molar-refractivity contribution in [2.24, 2.45) is 5.92 Å². The monoisotopic (exact) mass is 268 g/mol. The van der Waals surface area contributed by atoms with Crippen LogP contribution < -0.4 is 5.32 Å². The number of esters is 1. The van der Waals surface area contributed by atoms with Gasteiger partial charge in [0.15, 0.2) is 0 Å². The van der Waals surface area contributed by atoms with Crippen LogP contribution in [-0.4, -0.2) is 50.2 Å². The second-order valence-electron chi connectivity index (χ2n) is 5.94. The molecule has 2 fully saturated rings. The average Bonchev–Trinajstić information content (AvgIpc) is 2.47. The number of ether oxygens (including phenoxy) is 1. The van der Waals surface area contributed by atoms with Gasteiger partial charge in [0.25, 0.3) is 0 Å². The number of methoxy groups -OCH3 is 1. The van der Waals surface area contributed by atoms with E-state index >= 15 is 0 Å². The molecule has 1 aliphatic carbocycles. The molecule has 0 amide bonds. The molecule has 0 aromatic rings. The Kier molecular flexibility index (Phi) is 5.64. The SMILES string of the molecule is CNC(CCN1CCC[C@H]2CCCC[C@H]21)C(=O)OC. The predicted molar refractivity (Wildman–Crippen MR) is 76.0 cm³/mol. The number of nitrogens with one attached hydrogen (secondary N) is 1. The molecule has 1 aliphatic heterocycles. The van der Waals surface area contributed by atoms with Gasteiger partial charge in [0.2, 0.25) is 0 Å². The van der Waals surface area contributed by atoms with Crippen molar-refractivity contribution in [2.45, 2.75) is 57.0 Å². The molecule has 2 aliphatic rings. The zero-order chi connectivity index (χ0) is 13.7. The number of carbonyl (C=O) groups is 1. The summed E-state index contributed by atoms with van der Waals surface area (Å²) in [6, 6.07) is 0.617. The lowest BCUT2D eigenvalue weighted by atomic mass is 9.78. The first kappa shape index (κ1) is 14.8. The maximum atomic E-state index is 11.6. The van der Waals surface area contributed by atoms with Crippen LogP contribution in [0.4, 0.5) is 0 Å². The Hall–Kier alpha value is -0.610. The summed E-state index contributed by atoms with van der Waals surface area (Å²) in [6.07, 6.45) is 9.14. The number of likely N-dealkylation sites (N-methyl/N-ethyl adjacent to an activating group) is 1. The standard InChI is InChI=1S/C15H28N2O2/c1-16-13(15(18)19-2)9-11-17-10-5-7-12-6-3-4-8-14(12)17/h12-14,16H,3-11H2,1-2H3/t12-,13?,14-/m1/s1. The summed E-state index contributed by atoms with van der Waals surface area (Å²) in [5.74, 6) is 0.772. The quantitative estimate of drug-likeness (QED) is 0.772. The normalized spacial score (nSPS) is 29.6. The van der Waals surface area contributed by atoms with Crippen molar-refractivity contribution < 1.29 is 9.53 Å². The van der Waals surface area contributed by atoms with Crippen molar-refractivity contribution in [3.8, 4) is 0 Å². The molecular weight excluding hydrogens is 240 g/mol. The van der Waals surface area contributed by atoms with Crippen molar-refractivity contribution in [3.05, 3.63) is 0 Å². The van der Waals surface area contributed by atoms with Gasteiger partial charge in [0.1, 0.15) is 6.04 Å². The fourth-order valence-corrected chi connectivity index (χ4v) is 3.82. The van der Waals surface area contributed by atoms with E-state index in [0.717, 1.165) is 24.9 Å². The van der Waals surface area contributed by atoms with Crippen molar-refractivity contribution in [1.82, 2.24) is 10.2 Å². The topological polar surface area (TPSA) is 41.6 Å². The largest absolute Gasteiger partial charge is 0.468 e. The number of hydrogen-bond donors (Lipinski definition) is 1. The van der Waals surface area contributed by atoms with E-state index in [1.807, 2.05) is 7.05 Å². The molecule has 0 radical (unpaired) electrons. The summed E-state index contributed by atoms with van der Waals surface area (Å²) in [5.41, 5.74) is 0. The first-order valence-electron chi connectivity index (χ1n) is 7.75. The molecule has 0 aromatic heterocycles. The lowest BCUT2D eigenvalue weighted by Gasteiger charge is -2.44. The number of hydrogen-bond acceptors (Lipinski definition) is 4. The lowest BCUT2D eigenvalue weighted by Crippen LogP contribution is -2.48. The van der Waals surface area contributed by atoms with Crippen LogP contribution in [-0.2, 0) is 9.53 Å². The lowest BCUT2D eigenvalue weighted by molar-refractivity contribution is -0.143. The van der Waals surface area contributed by atoms with Gasteiger partial charge in [0, 0.05) is 12.6 Å². The fraction of sp³-hybridized carbons (Fsp3) is 0.933. The number of likely N-dealkylation sites (tertiary alicyclic amines) is 1. The van der Waals surface area contributed by atoms with Crippen LogP contribution in [0.25, 0.3) is 0 Å². The summed E-state index contributed by atoms with van der Waals surface area (Å²) in [6.45, 7) is 2.22. The predicted octanol–water partition coefficient (Wildman–Crippen LogP) is 1.79. The Labute approximate surface area is 116 Å². The molecule has 110 valence electrons. The van der Waals surface area contributed by atoms with E-state index in [4.69, 9.17) is 4.74 Å². The van der Waals surface area contributed by atoms with E-state index in [1.54, 1.807) is 0 Å². The number of piperidine rings is 1. The highest BCUT2D eigenvalue weighted by Crippen LogP contribution is 2.35. The molecule has 0 bridgehead atoms. The van der Waals surface area contributed by atoms with Gasteiger partial charge in [-0.15, -0.1) is 0 Å². The highest BCUT2D eigenvalue weighted by Gasteiger charge is 2.33. The van der Waals surface area contributed by atoms with E-state index < -0.39 is 0 Å². The molecule has 3 atom stereocenters. The van der Waals surface area contributed by atoms with Crippen LogP contribution in [0, 0.1) is 5.92 Å². The van der Waals surface area contributed by atoms with Crippen LogP contribution in [0.3, 0.4) is 0 Å². The first-order chi connectivity index (χ1) is 9.26. The van der Waals surface area contributed by atoms with Gasteiger partial charge in [-0.3, -0.25) is 4.79 Å². The maximum absolute atomic E-state index is 11.6. The Morgan fingerprint density at radius 3 is 2.79 bits per heavy atom. The Bertz CT molecular complexity index is 294. The average molecular weight is 268 g/mol. The van der Waals surface area contributed by atoms with Crippen LogP contribution in [0.5, 0.6) is 0 Å². The van der Waals surface area contributed by atoms with E-state index in [9.17, 15) is 4.79 Å². The van der Waals surface area contributed by atoms with E-state index in [0.29, 0.717) is 0 Å². The Morgan fingerprint density at radius 1 is 1.32 bits per heavy atom. The number of nitrogens with zero attached hydrogens (tertiary/aromatic N) is 1. The van der Waals surface area contributed by atoms with Gasteiger partial charge in [-0.05, 0) is 51.6 Å². The molecule has 19 heavy (non-hydrogen) atoms. The van der Waals surface area contributed by atoms with Gasteiger partial charge in [-0.25, -0.2) is 0 Å². The molecule has 1 saturated heterocycles. The molecule has 4 nitrogen and oxygen atoms in total. The highest BCUT2D eigenvalue weighted by molar-refractivity contribution is 5.75. The molecule has 1 N–H and O–H groups in total. The van der Waals surface area contributed by atoms with E-state index in [1.165, 1.54) is 52.2 Å². The third-order valence-electron chi connectivity index (χ3n) is 4.90. The summed E-state index contributed by atoms with van der Waals surface area (Å²) >= 11 is 0. The van der Waals surface area contributed by atoms with E-state index in [2.05, 4.69) is 10.2 Å². The minimum Gasteiger partial charge on any atom is -0.468 e. The summed E-state index contributed by atoms with van der Waals surface area (Å²) in [7, 11) is 3.30. The molecule has 1 heterocycles. The van der Waals surface area contributed by atoms with Gasteiger partial charge in [0.05, 0.1) is 7.11 Å². The Morgan fingerprint density at radius 2 is 2.05 bits per heavy atom. The van der Waals surface area contributed by atoms with Crippen molar-refractivity contribution in [2.75, 3.05) is 27.2 Å². The van der Waals surface area contributed by atoms with Crippen LogP contribution in [0.15, 0.2) is 0 Å². The van der Waals surface area contributed by atoms with Crippen molar-refractivity contribution in [3.63, 3.8) is 0 Å². The molecule has 2 rings (SSSR count). The minimum absolute atomic E-state index is 0.139. The fourth-order valence-electron chi connectivity index (χ4n) is 3.82. The van der Waals surface area contributed by atoms with Crippen LogP contribution in [0.2, 0.25) is 0 Å². The van der Waals surface area contributed by atoms with Crippen LogP contribution in [0.1, 0.15) is 44.9 Å². The van der Waals surface area contributed by atoms with E-state index in [-0.39, 0.29) is 12.0 Å². The van der Waals surface area contributed by atoms with Gasteiger partial charge < -0.3 is 15.0 Å². The smallest absolute Gasteiger partial charge is 0.322 e. The molecule has 4 heteroatoms. The first-order valence-corrected chi connectivity index (χ1v) is 7.75. The second kappa shape index (κ2) is 7.25.